The van der Waals surface area contributed by atoms with E-state index < -0.39 is 16.0 Å². The molecule has 0 aromatic heterocycles. The van der Waals surface area contributed by atoms with E-state index >= 15 is 0 Å². The third kappa shape index (κ3) is 3.86. The Morgan fingerprint density at radius 1 is 0.966 bits per heavy atom. The summed E-state index contributed by atoms with van der Waals surface area (Å²) in [6.45, 7) is -0.0109. The highest BCUT2D eigenvalue weighted by molar-refractivity contribution is 7.92. The van der Waals surface area contributed by atoms with E-state index in [9.17, 15) is 18.0 Å². The molecule has 0 unspecified atom stereocenters. The van der Waals surface area contributed by atoms with Gasteiger partial charge in [0.1, 0.15) is 0 Å². The number of hydrogen-bond acceptors (Lipinski definition) is 5. The normalized spacial score (nSPS) is 13.3. The minimum Gasteiger partial charge on any atom is -0.454 e. The van der Waals surface area contributed by atoms with Crippen LogP contribution in [0.3, 0.4) is 0 Å². The molecule has 0 N–H and O–H groups in total. The van der Waals surface area contributed by atoms with Crippen LogP contribution in [0.2, 0.25) is 0 Å². The number of hydrogen-bond donors (Lipinski definition) is 0. The molecule has 0 atom stereocenters. The van der Waals surface area contributed by atoms with Crippen molar-refractivity contribution in [1.29, 1.82) is 0 Å². The molecule has 0 saturated carbocycles. The predicted molar refractivity (Wildman–Crippen MR) is 111 cm³/mol. The van der Waals surface area contributed by atoms with Crippen molar-refractivity contribution in [3.63, 3.8) is 0 Å². The van der Waals surface area contributed by atoms with Crippen LogP contribution < -0.4 is 4.31 Å². The lowest BCUT2D eigenvalue weighted by molar-refractivity contribution is 0.0475. The average Bonchev–Trinajstić information content (AvgIpc) is 3.15. The van der Waals surface area contributed by atoms with Gasteiger partial charge in [-0.05, 0) is 53.1 Å². The molecule has 0 bridgehead atoms. The lowest BCUT2D eigenvalue weighted by Crippen LogP contribution is -2.27. The Bertz CT molecular complexity index is 1230. The molecule has 0 saturated heterocycles. The Morgan fingerprint density at radius 2 is 1.69 bits per heavy atom. The molecule has 1 aliphatic rings. The lowest BCUT2D eigenvalue weighted by Gasteiger charge is -2.16. The topological polar surface area (TPSA) is 80.8 Å². The number of Topliss-reactive ketones (excluding diaryl/α,β-unsaturated/α-hetero) is 1. The maximum absolute atomic E-state index is 12.5. The highest BCUT2D eigenvalue weighted by Crippen LogP contribution is 2.30. The fourth-order valence-electron chi connectivity index (χ4n) is 3.50. The van der Waals surface area contributed by atoms with Crippen LogP contribution in [0.25, 0.3) is 10.8 Å². The van der Waals surface area contributed by atoms with Crippen molar-refractivity contribution in [3.8, 4) is 0 Å². The third-order valence-electron chi connectivity index (χ3n) is 4.97. The number of esters is 1. The van der Waals surface area contributed by atoms with E-state index in [2.05, 4.69) is 0 Å². The highest BCUT2D eigenvalue weighted by atomic mass is 32.2. The van der Waals surface area contributed by atoms with E-state index in [0.29, 0.717) is 29.8 Å². The van der Waals surface area contributed by atoms with Gasteiger partial charge < -0.3 is 4.74 Å². The Hall–Kier alpha value is -3.19. The van der Waals surface area contributed by atoms with E-state index in [1.54, 1.807) is 30.3 Å². The first-order chi connectivity index (χ1) is 13.8. The number of rotatable bonds is 5. The molecule has 3 aromatic carbocycles. The van der Waals surface area contributed by atoms with Crippen LogP contribution in [0.4, 0.5) is 5.69 Å². The number of carbonyl (C=O) groups excluding carboxylic acids is 2. The Balaban J connectivity index is 1.45. The summed E-state index contributed by atoms with van der Waals surface area (Å²) in [5.74, 6) is -0.895. The summed E-state index contributed by atoms with van der Waals surface area (Å²) in [6.07, 6.45) is 1.70. The molecule has 3 aromatic rings. The minimum atomic E-state index is -3.34. The number of sulfonamides is 1. The Kier molecular flexibility index (Phi) is 4.84. The second-order valence-electron chi connectivity index (χ2n) is 6.99. The zero-order valence-corrected chi connectivity index (χ0v) is 16.6. The maximum Gasteiger partial charge on any atom is 0.338 e. The fourth-order valence-corrected chi connectivity index (χ4v) is 4.46. The lowest BCUT2D eigenvalue weighted by atomic mass is 10.1. The van der Waals surface area contributed by atoms with Gasteiger partial charge in [0.05, 0.1) is 17.5 Å². The van der Waals surface area contributed by atoms with E-state index in [1.165, 1.54) is 4.31 Å². The van der Waals surface area contributed by atoms with Crippen LogP contribution >= 0.6 is 0 Å². The molecular weight excluding hydrogens is 390 g/mol. The SMILES string of the molecule is CS(=O)(=O)N1CCc2cc(C(=O)COC(=O)c3ccc4ccccc4c3)ccc21. The van der Waals surface area contributed by atoms with Crippen LogP contribution in [0, 0.1) is 0 Å². The molecule has 0 amide bonds. The molecule has 0 fully saturated rings. The molecule has 1 heterocycles. The van der Waals surface area contributed by atoms with E-state index in [-0.39, 0.29) is 12.4 Å². The van der Waals surface area contributed by atoms with Gasteiger partial charge in [0, 0.05) is 12.1 Å². The van der Waals surface area contributed by atoms with E-state index in [0.717, 1.165) is 22.6 Å². The van der Waals surface area contributed by atoms with Crippen molar-refractivity contribution in [2.24, 2.45) is 0 Å². The van der Waals surface area contributed by atoms with Crippen LogP contribution in [-0.4, -0.2) is 39.6 Å². The first-order valence-corrected chi connectivity index (χ1v) is 11.0. The molecule has 29 heavy (non-hydrogen) atoms. The van der Waals surface area contributed by atoms with Crippen LogP contribution in [0.5, 0.6) is 0 Å². The van der Waals surface area contributed by atoms with Gasteiger partial charge in [0.25, 0.3) is 0 Å². The van der Waals surface area contributed by atoms with Crippen LogP contribution in [0.1, 0.15) is 26.3 Å². The molecule has 0 radical (unpaired) electrons. The summed E-state index contributed by atoms with van der Waals surface area (Å²) in [7, 11) is -3.34. The quantitative estimate of drug-likeness (QED) is 0.478. The monoisotopic (exact) mass is 409 g/mol. The smallest absolute Gasteiger partial charge is 0.338 e. The van der Waals surface area contributed by atoms with Gasteiger partial charge in [-0.15, -0.1) is 0 Å². The average molecular weight is 409 g/mol. The number of anilines is 1. The number of carbonyl (C=O) groups is 2. The van der Waals surface area contributed by atoms with Crippen LogP contribution in [-0.2, 0) is 21.2 Å². The Morgan fingerprint density at radius 3 is 2.45 bits per heavy atom. The van der Waals surface area contributed by atoms with Crippen molar-refractivity contribution < 1.29 is 22.7 Å². The van der Waals surface area contributed by atoms with Crippen molar-refractivity contribution in [1.82, 2.24) is 0 Å². The largest absolute Gasteiger partial charge is 0.454 e. The highest BCUT2D eigenvalue weighted by Gasteiger charge is 2.26. The standard InChI is InChI=1S/C22H19NO5S/c1-29(26,27)23-11-10-17-13-18(8-9-20(17)23)21(24)14-28-22(25)19-7-6-15-4-2-3-5-16(15)12-19/h2-9,12-13H,10-11,14H2,1H3. The number of nitrogens with zero attached hydrogens (tertiary/aromatic N) is 1. The van der Waals surface area contributed by atoms with Gasteiger partial charge in [-0.1, -0.05) is 30.3 Å². The summed E-state index contributed by atoms with van der Waals surface area (Å²) >= 11 is 0. The zero-order chi connectivity index (χ0) is 20.6. The molecule has 6 nitrogen and oxygen atoms in total. The van der Waals surface area contributed by atoms with Crippen molar-refractivity contribution in [2.45, 2.75) is 6.42 Å². The molecule has 1 aliphatic heterocycles. The fraction of sp³-hybridized carbons (Fsp3) is 0.182. The maximum atomic E-state index is 12.5. The summed E-state index contributed by atoms with van der Waals surface area (Å²) in [4.78, 5) is 24.8. The summed E-state index contributed by atoms with van der Waals surface area (Å²) in [6, 6.07) is 17.8. The van der Waals surface area contributed by atoms with Gasteiger partial charge in [0.2, 0.25) is 10.0 Å². The van der Waals surface area contributed by atoms with E-state index in [4.69, 9.17) is 4.74 Å². The zero-order valence-electron chi connectivity index (χ0n) is 15.8. The minimum absolute atomic E-state index is 0.334. The molecule has 148 valence electrons. The van der Waals surface area contributed by atoms with Gasteiger partial charge in [0.15, 0.2) is 12.4 Å². The summed E-state index contributed by atoms with van der Waals surface area (Å²) in [5.41, 5.74) is 2.17. The van der Waals surface area contributed by atoms with Gasteiger partial charge in [-0.2, -0.15) is 0 Å². The second kappa shape index (κ2) is 7.33. The number of ketones is 1. The van der Waals surface area contributed by atoms with Gasteiger partial charge in [-0.25, -0.2) is 13.2 Å². The van der Waals surface area contributed by atoms with E-state index in [1.807, 2.05) is 30.3 Å². The molecule has 0 spiro atoms. The second-order valence-corrected chi connectivity index (χ2v) is 8.90. The summed E-state index contributed by atoms with van der Waals surface area (Å²) < 4.78 is 30.1. The first kappa shape index (κ1) is 19.1. The number of ether oxygens (including phenoxy) is 1. The predicted octanol–water partition coefficient (Wildman–Crippen LogP) is 3.20. The van der Waals surface area contributed by atoms with Crippen LogP contribution in [0.15, 0.2) is 60.7 Å². The van der Waals surface area contributed by atoms with Crippen molar-refractivity contribution >= 4 is 38.2 Å². The molecule has 0 aliphatic carbocycles. The molecular formula is C22H19NO5S. The van der Waals surface area contributed by atoms with Crippen molar-refractivity contribution in [2.75, 3.05) is 23.7 Å². The molecule has 4 rings (SSSR count). The van der Waals surface area contributed by atoms with Gasteiger partial charge in [-0.3, -0.25) is 9.10 Å². The Labute approximate surface area is 168 Å². The molecule has 7 heteroatoms. The van der Waals surface area contributed by atoms with Crippen molar-refractivity contribution in [3.05, 3.63) is 77.4 Å². The van der Waals surface area contributed by atoms with Gasteiger partial charge >= 0.3 is 5.97 Å². The summed E-state index contributed by atoms with van der Waals surface area (Å²) in [5, 5.41) is 1.93. The first-order valence-electron chi connectivity index (χ1n) is 9.13. The number of benzene rings is 3. The third-order valence-corrected chi connectivity index (χ3v) is 6.15. The number of fused-ring (bicyclic) bond motifs is 2.